The fourth-order valence-corrected chi connectivity index (χ4v) is 9.17. The van der Waals surface area contributed by atoms with Crippen molar-refractivity contribution in [3.05, 3.63) is 167 Å². The molecule has 3 atom stereocenters. The predicted octanol–water partition coefficient (Wildman–Crippen LogP) is 8.07. The lowest BCUT2D eigenvalue weighted by molar-refractivity contribution is -0.144. The van der Waals surface area contributed by atoms with Crippen LogP contribution in [-0.2, 0) is 28.6 Å². The van der Waals surface area contributed by atoms with E-state index in [9.17, 15) is 19.2 Å². The van der Waals surface area contributed by atoms with Gasteiger partial charge in [-0.2, -0.15) is 0 Å². The summed E-state index contributed by atoms with van der Waals surface area (Å²) < 4.78 is 10.2. The summed E-state index contributed by atoms with van der Waals surface area (Å²) in [7, 11) is 1.29. The minimum atomic E-state index is -1.06. The Morgan fingerprint density at radius 1 is 0.586 bits per heavy atom. The zero-order chi connectivity index (χ0) is 41.2. The number of thioether (sulfide) groups is 1. The highest BCUT2D eigenvalue weighted by Crippen LogP contribution is 2.49. The van der Waals surface area contributed by atoms with Gasteiger partial charge in [0.15, 0.2) is 0 Å². The first kappa shape index (κ1) is 41.8. The van der Waals surface area contributed by atoms with Gasteiger partial charge in [-0.15, -0.1) is 11.8 Å². The van der Waals surface area contributed by atoms with E-state index in [1.54, 1.807) is 27.7 Å². The van der Waals surface area contributed by atoms with Crippen molar-refractivity contribution in [2.75, 3.05) is 19.5 Å². The van der Waals surface area contributed by atoms with Gasteiger partial charge >= 0.3 is 12.1 Å². The van der Waals surface area contributed by atoms with E-state index in [0.29, 0.717) is 0 Å². The second-order valence-corrected chi connectivity index (χ2v) is 16.3. The predicted molar refractivity (Wildman–Crippen MR) is 229 cm³/mol. The van der Waals surface area contributed by atoms with Crippen LogP contribution in [0.15, 0.2) is 140 Å². The molecule has 0 heterocycles. The first-order chi connectivity index (χ1) is 28.0. The molecule has 300 valence electrons. The normalized spacial score (nSPS) is 13.8. The van der Waals surface area contributed by atoms with E-state index in [4.69, 9.17) is 9.47 Å². The molecule has 0 bridgehead atoms. The molecule has 0 fully saturated rings. The van der Waals surface area contributed by atoms with Crippen LogP contribution >= 0.6 is 11.8 Å². The Kier molecular flexibility index (Phi) is 13.7. The molecule has 5 aromatic carbocycles. The van der Waals surface area contributed by atoms with E-state index >= 15 is 0 Å². The maximum atomic E-state index is 14.1. The summed E-state index contributed by atoms with van der Waals surface area (Å²) in [6, 6.07) is 43.2. The Balaban J connectivity index is 1.16. The number of methoxy groups -OCH3 is 1. The van der Waals surface area contributed by atoms with Gasteiger partial charge in [-0.1, -0.05) is 167 Å². The van der Waals surface area contributed by atoms with E-state index in [2.05, 4.69) is 64.5 Å². The number of carbonyl (C=O) groups is 4. The smallest absolute Gasteiger partial charge is 0.407 e. The van der Waals surface area contributed by atoms with Crippen molar-refractivity contribution in [1.82, 2.24) is 16.0 Å². The average molecular weight is 798 g/mol. The lowest BCUT2D eigenvalue weighted by Gasteiger charge is -2.36. The number of esters is 1. The summed E-state index contributed by atoms with van der Waals surface area (Å²) >= 11 is 1.51. The van der Waals surface area contributed by atoms with E-state index in [1.807, 2.05) is 91.0 Å². The van der Waals surface area contributed by atoms with Crippen LogP contribution in [0.1, 0.15) is 61.4 Å². The van der Waals surface area contributed by atoms with Crippen molar-refractivity contribution >= 4 is 35.6 Å². The molecule has 0 aliphatic heterocycles. The van der Waals surface area contributed by atoms with Gasteiger partial charge < -0.3 is 25.4 Å². The molecule has 58 heavy (non-hydrogen) atoms. The Hall–Kier alpha value is -5.87. The molecule has 5 aromatic rings. The maximum Gasteiger partial charge on any atom is 0.407 e. The molecular formula is C48H51N3O6S. The van der Waals surface area contributed by atoms with Crippen LogP contribution in [0, 0.1) is 11.8 Å². The van der Waals surface area contributed by atoms with Crippen molar-refractivity contribution in [3.63, 3.8) is 0 Å². The number of hydrogen-bond acceptors (Lipinski definition) is 7. The lowest BCUT2D eigenvalue weighted by atomic mass is 9.84. The van der Waals surface area contributed by atoms with Crippen molar-refractivity contribution < 1.29 is 28.7 Å². The third-order valence-corrected chi connectivity index (χ3v) is 12.3. The molecule has 0 spiro atoms. The number of benzene rings is 5. The largest absolute Gasteiger partial charge is 0.467 e. The van der Waals surface area contributed by atoms with Crippen LogP contribution in [0.4, 0.5) is 4.79 Å². The lowest BCUT2D eigenvalue weighted by Crippen LogP contribution is -2.58. The highest BCUT2D eigenvalue weighted by molar-refractivity contribution is 8.00. The maximum absolute atomic E-state index is 14.1. The molecule has 9 nitrogen and oxygen atoms in total. The molecule has 6 rings (SSSR count). The number of hydrogen-bond donors (Lipinski definition) is 3. The van der Waals surface area contributed by atoms with E-state index < -0.39 is 46.7 Å². The van der Waals surface area contributed by atoms with E-state index in [-0.39, 0.29) is 30.1 Å². The second kappa shape index (κ2) is 19.0. The van der Waals surface area contributed by atoms with Gasteiger partial charge in [-0.05, 0) is 50.8 Å². The number of rotatable bonds is 16. The first-order valence-electron chi connectivity index (χ1n) is 19.7. The zero-order valence-corrected chi connectivity index (χ0v) is 34.3. The summed E-state index contributed by atoms with van der Waals surface area (Å²) in [5.41, 5.74) is 7.39. The van der Waals surface area contributed by atoms with Crippen LogP contribution in [0.2, 0.25) is 0 Å². The van der Waals surface area contributed by atoms with E-state index in [0.717, 1.165) is 38.9 Å². The molecule has 0 saturated carbocycles. The molecule has 1 aliphatic carbocycles. The number of nitrogens with one attached hydrogen (secondary N) is 3. The zero-order valence-electron chi connectivity index (χ0n) is 33.5. The standard InChI is InChI=1S/C48H51N3O6S/c1-31(2)42(50-45(53)43(32(3)4)51-47(55)57-29-40-38-27-17-15-25-36(38)37-26-16-18-28-39(37)40)44(52)49-41(46(54)56-5)30-58-48(33-19-9-6-10-20-33,34-21-11-7-12-22-34)35-23-13-8-14-24-35/h6-28,31-32,40-43H,29-30H2,1-5H3,(H,49,52)(H,50,53)(H,51,55)/t41-,42-,43-/m1/s1. The Bertz CT molecular complexity index is 2040. The fourth-order valence-electron chi connectivity index (χ4n) is 7.63. The van der Waals surface area contributed by atoms with Crippen molar-refractivity contribution in [1.29, 1.82) is 0 Å². The van der Waals surface area contributed by atoms with Crippen LogP contribution in [-0.4, -0.2) is 61.5 Å². The molecule has 0 radical (unpaired) electrons. The topological polar surface area (TPSA) is 123 Å². The summed E-state index contributed by atoms with van der Waals surface area (Å²) in [5.74, 6) is -2.40. The number of carbonyl (C=O) groups excluding carboxylic acids is 4. The quantitative estimate of drug-likeness (QED) is 0.0682. The number of amides is 3. The van der Waals surface area contributed by atoms with Crippen molar-refractivity contribution in [2.24, 2.45) is 11.8 Å². The Morgan fingerprint density at radius 2 is 1.00 bits per heavy atom. The molecule has 1 aliphatic rings. The third kappa shape index (κ3) is 9.13. The number of alkyl carbamates (subject to hydrolysis) is 1. The van der Waals surface area contributed by atoms with Gasteiger partial charge in [0, 0.05) is 11.7 Å². The van der Waals surface area contributed by atoms with Crippen molar-refractivity contribution in [3.8, 4) is 11.1 Å². The molecule has 3 N–H and O–H groups in total. The summed E-state index contributed by atoms with van der Waals surface area (Å²) in [5, 5.41) is 8.50. The summed E-state index contributed by atoms with van der Waals surface area (Å²) in [4.78, 5) is 54.6. The highest BCUT2D eigenvalue weighted by atomic mass is 32.2. The van der Waals surface area contributed by atoms with Gasteiger partial charge in [-0.25, -0.2) is 9.59 Å². The average Bonchev–Trinajstić information content (AvgIpc) is 3.57. The highest BCUT2D eigenvalue weighted by Gasteiger charge is 2.40. The molecule has 0 saturated heterocycles. The number of ether oxygens (including phenoxy) is 2. The molecular weight excluding hydrogens is 747 g/mol. The van der Waals surface area contributed by atoms with E-state index in [1.165, 1.54) is 18.9 Å². The summed E-state index contributed by atoms with van der Waals surface area (Å²) in [6.07, 6.45) is -0.734. The first-order valence-corrected chi connectivity index (χ1v) is 20.6. The minimum absolute atomic E-state index is 0.0936. The SMILES string of the molecule is COC(=O)[C@@H](CSC(c1ccccc1)(c1ccccc1)c1ccccc1)NC(=O)[C@H](NC(=O)[C@H](NC(=O)OCC1c2ccccc2-c2ccccc21)C(C)C)C(C)C. The molecule has 0 aromatic heterocycles. The van der Waals surface area contributed by atoms with Crippen LogP contribution in [0.5, 0.6) is 0 Å². The van der Waals surface area contributed by atoms with Gasteiger partial charge in [0.05, 0.1) is 11.9 Å². The van der Waals surface area contributed by atoms with Gasteiger partial charge in [0.2, 0.25) is 11.8 Å². The Morgan fingerprint density at radius 3 is 1.45 bits per heavy atom. The second-order valence-electron chi connectivity index (χ2n) is 15.1. The van der Waals surface area contributed by atoms with Crippen molar-refractivity contribution in [2.45, 2.75) is 56.5 Å². The Labute approximate surface area is 345 Å². The fraction of sp³-hybridized carbons (Fsp3) is 0.292. The van der Waals surface area contributed by atoms with Crippen LogP contribution < -0.4 is 16.0 Å². The molecule has 3 amide bonds. The monoisotopic (exact) mass is 797 g/mol. The molecule has 0 unspecified atom stereocenters. The van der Waals surface area contributed by atoms with Gasteiger partial charge in [0.25, 0.3) is 0 Å². The third-order valence-electron chi connectivity index (χ3n) is 10.6. The minimum Gasteiger partial charge on any atom is -0.467 e. The van der Waals surface area contributed by atoms with Gasteiger partial charge in [-0.3, -0.25) is 9.59 Å². The molecule has 10 heteroatoms. The van der Waals surface area contributed by atoms with Crippen LogP contribution in [0.3, 0.4) is 0 Å². The summed E-state index contributed by atoms with van der Waals surface area (Å²) in [6.45, 7) is 7.32. The van der Waals surface area contributed by atoms with Gasteiger partial charge in [0.1, 0.15) is 24.7 Å². The van der Waals surface area contributed by atoms with Crippen LogP contribution in [0.25, 0.3) is 11.1 Å². The number of fused-ring (bicyclic) bond motifs is 3.